The Balaban J connectivity index is 1.54. The number of carbonyl (C=O) groups is 2. The molecule has 1 saturated carbocycles. The molecule has 0 saturated heterocycles. The van der Waals surface area contributed by atoms with Gasteiger partial charge < -0.3 is 9.80 Å². The van der Waals surface area contributed by atoms with Gasteiger partial charge in [0.25, 0.3) is 5.91 Å². The number of thiophene rings is 1. The third-order valence-corrected chi connectivity index (χ3v) is 6.74. The van der Waals surface area contributed by atoms with Gasteiger partial charge >= 0.3 is 0 Å². The van der Waals surface area contributed by atoms with Gasteiger partial charge in [-0.05, 0) is 60.5 Å². The van der Waals surface area contributed by atoms with Crippen molar-refractivity contribution in [2.24, 2.45) is 0 Å². The van der Waals surface area contributed by atoms with Gasteiger partial charge in [0.15, 0.2) is 0 Å². The highest BCUT2D eigenvalue weighted by molar-refractivity contribution is 7.10. The molecule has 2 aromatic carbocycles. The second kappa shape index (κ2) is 9.67. The van der Waals surface area contributed by atoms with Gasteiger partial charge in [0.05, 0.1) is 6.54 Å². The molecule has 0 radical (unpaired) electrons. The fourth-order valence-corrected chi connectivity index (χ4v) is 4.67. The summed E-state index contributed by atoms with van der Waals surface area (Å²) in [6, 6.07) is 19.1. The van der Waals surface area contributed by atoms with Crippen molar-refractivity contribution in [3.8, 4) is 0 Å². The summed E-state index contributed by atoms with van der Waals surface area (Å²) < 4.78 is 0. The molecule has 3 aromatic rings. The molecule has 0 atom stereocenters. The van der Waals surface area contributed by atoms with Crippen molar-refractivity contribution in [1.29, 1.82) is 0 Å². The Morgan fingerprint density at radius 3 is 2.45 bits per heavy atom. The fourth-order valence-electron chi connectivity index (χ4n) is 3.56. The van der Waals surface area contributed by atoms with Gasteiger partial charge in [-0.2, -0.15) is 0 Å². The lowest BCUT2D eigenvalue weighted by molar-refractivity contribution is -0.133. The standard InChI is InChI=1S/C25H25ClN2O2S/c1-18-12-13-31-23(18)16-27(15-19-6-3-2-4-7-19)24(29)17-28(22-10-11-22)25(30)20-8-5-9-21(26)14-20/h2-9,12-14,22H,10-11,15-17H2,1H3. The number of benzene rings is 2. The average molecular weight is 453 g/mol. The first kappa shape index (κ1) is 21.6. The maximum absolute atomic E-state index is 13.4. The van der Waals surface area contributed by atoms with Gasteiger partial charge in [0.2, 0.25) is 5.91 Å². The topological polar surface area (TPSA) is 40.6 Å². The van der Waals surface area contributed by atoms with E-state index >= 15 is 0 Å². The molecule has 1 heterocycles. The van der Waals surface area contributed by atoms with Crippen LogP contribution < -0.4 is 0 Å². The first-order valence-electron chi connectivity index (χ1n) is 10.4. The summed E-state index contributed by atoms with van der Waals surface area (Å²) in [7, 11) is 0. The van der Waals surface area contributed by atoms with Gasteiger partial charge in [0.1, 0.15) is 6.54 Å². The Bertz CT molecular complexity index is 1060. The molecule has 1 aliphatic carbocycles. The maximum atomic E-state index is 13.4. The van der Waals surface area contributed by atoms with Crippen molar-refractivity contribution in [3.05, 3.63) is 92.6 Å². The zero-order chi connectivity index (χ0) is 21.8. The highest BCUT2D eigenvalue weighted by atomic mass is 35.5. The molecule has 1 fully saturated rings. The second-order valence-electron chi connectivity index (χ2n) is 7.94. The number of carbonyl (C=O) groups excluding carboxylic acids is 2. The minimum absolute atomic E-state index is 0.0427. The number of halogens is 1. The summed E-state index contributed by atoms with van der Waals surface area (Å²) in [6.07, 6.45) is 1.87. The molecular weight excluding hydrogens is 428 g/mol. The molecule has 6 heteroatoms. The Morgan fingerprint density at radius 1 is 1.03 bits per heavy atom. The smallest absolute Gasteiger partial charge is 0.254 e. The molecule has 0 aliphatic heterocycles. The first-order chi connectivity index (χ1) is 15.0. The van der Waals surface area contributed by atoms with E-state index in [1.165, 1.54) is 10.4 Å². The lowest BCUT2D eigenvalue weighted by Crippen LogP contribution is -2.43. The maximum Gasteiger partial charge on any atom is 0.254 e. The van der Waals surface area contributed by atoms with Crippen molar-refractivity contribution in [2.45, 2.75) is 38.9 Å². The van der Waals surface area contributed by atoms with E-state index in [2.05, 4.69) is 18.4 Å². The number of hydrogen-bond acceptors (Lipinski definition) is 3. The van der Waals surface area contributed by atoms with E-state index in [0.29, 0.717) is 23.7 Å². The molecule has 4 nitrogen and oxygen atoms in total. The number of amides is 2. The van der Waals surface area contributed by atoms with Gasteiger partial charge in [0, 0.05) is 28.0 Å². The largest absolute Gasteiger partial charge is 0.332 e. The van der Waals surface area contributed by atoms with Crippen LogP contribution in [0.2, 0.25) is 5.02 Å². The van der Waals surface area contributed by atoms with E-state index in [-0.39, 0.29) is 24.4 Å². The number of hydrogen-bond donors (Lipinski definition) is 0. The van der Waals surface area contributed by atoms with E-state index in [9.17, 15) is 9.59 Å². The predicted octanol–water partition coefficient (Wildman–Crippen LogP) is 5.54. The molecule has 0 spiro atoms. The monoisotopic (exact) mass is 452 g/mol. The van der Waals surface area contributed by atoms with Crippen LogP contribution in [0.5, 0.6) is 0 Å². The van der Waals surface area contributed by atoms with Gasteiger partial charge in [-0.15, -0.1) is 11.3 Å². The molecule has 0 bridgehead atoms. The molecule has 1 aromatic heterocycles. The third-order valence-electron chi connectivity index (χ3n) is 5.50. The average Bonchev–Trinajstić information content (AvgIpc) is 3.54. The summed E-state index contributed by atoms with van der Waals surface area (Å²) in [4.78, 5) is 31.3. The normalized spacial score (nSPS) is 13.1. The molecule has 0 unspecified atom stereocenters. The Hall–Kier alpha value is -2.63. The third kappa shape index (κ3) is 5.54. The highest BCUT2D eigenvalue weighted by Crippen LogP contribution is 2.29. The van der Waals surface area contributed by atoms with E-state index in [4.69, 9.17) is 11.6 Å². The first-order valence-corrected chi connectivity index (χ1v) is 11.7. The molecular formula is C25H25ClN2O2S. The molecule has 2 amide bonds. The molecule has 160 valence electrons. The van der Waals surface area contributed by atoms with Gasteiger partial charge in [-0.25, -0.2) is 0 Å². The number of aryl methyl sites for hydroxylation is 1. The zero-order valence-electron chi connectivity index (χ0n) is 17.5. The van der Waals surface area contributed by atoms with Crippen molar-refractivity contribution in [2.75, 3.05) is 6.54 Å². The van der Waals surface area contributed by atoms with Gasteiger partial charge in [-0.3, -0.25) is 9.59 Å². The molecule has 0 N–H and O–H groups in total. The SMILES string of the molecule is Cc1ccsc1CN(Cc1ccccc1)C(=O)CN(C(=O)c1cccc(Cl)c1)C1CC1. The van der Waals surface area contributed by atoms with Crippen molar-refractivity contribution >= 4 is 34.8 Å². The van der Waals surface area contributed by atoms with Crippen LogP contribution in [0.4, 0.5) is 0 Å². The van der Waals surface area contributed by atoms with E-state index < -0.39 is 0 Å². The van der Waals surface area contributed by atoms with Crippen LogP contribution in [-0.2, 0) is 17.9 Å². The summed E-state index contributed by atoms with van der Waals surface area (Å²) in [6.45, 7) is 3.20. The second-order valence-corrected chi connectivity index (χ2v) is 9.37. The minimum atomic E-state index is -0.134. The Kier molecular flexibility index (Phi) is 6.73. The molecule has 4 rings (SSSR count). The van der Waals surface area contributed by atoms with E-state index in [0.717, 1.165) is 18.4 Å². The number of rotatable bonds is 8. The summed E-state index contributed by atoms with van der Waals surface area (Å²) in [5.74, 6) is -0.177. The Morgan fingerprint density at radius 2 is 1.81 bits per heavy atom. The summed E-state index contributed by atoms with van der Waals surface area (Å²) in [5.41, 5.74) is 2.78. The van der Waals surface area contributed by atoms with Crippen molar-refractivity contribution < 1.29 is 9.59 Å². The quantitative estimate of drug-likeness (QED) is 0.450. The highest BCUT2D eigenvalue weighted by Gasteiger charge is 2.35. The van der Waals surface area contributed by atoms with Crippen LogP contribution in [0.15, 0.2) is 66.0 Å². The lowest BCUT2D eigenvalue weighted by atomic mass is 10.1. The van der Waals surface area contributed by atoms with Crippen molar-refractivity contribution in [1.82, 2.24) is 9.80 Å². The molecule has 1 aliphatic rings. The number of nitrogens with zero attached hydrogens (tertiary/aromatic N) is 2. The molecule has 31 heavy (non-hydrogen) atoms. The minimum Gasteiger partial charge on any atom is -0.332 e. The van der Waals surface area contributed by atoms with Crippen molar-refractivity contribution in [3.63, 3.8) is 0 Å². The zero-order valence-corrected chi connectivity index (χ0v) is 19.0. The predicted molar refractivity (Wildman–Crippen MR) is 125 cm³/mol. The summed E-state index contributed by atoms with van der Waals surface area (Å²) >= 11 is 7.74. The summed E-state index contributed by atoms with van der Waals surface area (Å²) in [5, 5.41) is 2.57. The van der Waals surface area contributed by atoms with Crippen LogP contribution in [0.3, 0.4) is 0 Å². The van der Waals surface area contributed by atoms with Crippen LogP contribution in [0.25, 0.3) is 0 Å². The Labute approximate surface area is 192 Å². The van der Waals surface area contributed by atoms with Crippen LogP contribution >= 0.6 is 22.9 Å². The van der Waals surface area contributed by atoms with Crippen LogP contribution in [0, 0.1) is 6.92 Å². The van der Waals surface area contributed by atoms with E-state index in [1.807, 2.05) is 35.2 Å². The van der Waals surface area contributed by atoms with Gasteiger partial charge in [-0.1, -0.05) is 48.0 Å². The fraction of sp³-hybridized carbons (Fsp3) is 0.280. The van der Waals surface area contributed by atoms with E-state index in [1.54, 1.807) is 40.5 Å². The van der Waals surface area contributed by atoms with Crippen LogP contribution in [-0.4, -0.2) is 34.2 Å². The lowest BCUT2D eigenvalue weighted by Gasteiger charge is -2.28. The van der Waals surface area contributed by atoms with Crippen LogP contribution in [0.1, 0.15) is 39.2 Å².